The minimum absolute atomic E-state index is 0.0809. The molecule has 1 aliphatic carbocycles. The number of carboxylic acid groups (broad SMARTS) is 1. The van der Waals surface area contributed by atoms with E-state index < -0.39 is 36.0 Å². The van der Waals surface area contributed by atoms with Crippen LogP contribution < -0.4 is 10.6 Å². The smallest absolute Gasteiger partial charge is 0.407 e. The second-order valence-electron chi connectivity index (χ2n) is 8.35. The molecule has 0 aromatic heterocycles. The number of aliphatic carboxylic acids is 1. The van der Waals surface area contributed by atoms with Gasteiger partial charge in [-0.25, -0.2) is 9.59 Å². The highest BCUT2D eigenvalue weighted by Gasteiger charge is 2.29. The molecule has 3 rings (SSSR count). The summed E-state index contributed by atoms with van der Waals surface area (Å²) in [6.07, 6.45) is -0.556. The van der Waals surface area contributed by atoms with Gasteiger partial charge in [0.1, 0.15) is 12.6 Å². The van der Waals surface area contributed by atoms with Gasteiger partial charge in [-0.2, -0.15) is 0 Å². The Bertz CT molecular complexity index is 1040. The standard InChI is InChI=1S/C26H30N2O7/c1-3-16(14-23(29)28-22(25(31)32)12-13-24(30)34-2)27-26(33)35-15-21-19-10-6-4-8-17(19)18-9-5-7-11-20(18)21/h4-11,16,21-22H,3,12-15H2,1-2H3,(H,27,33)(H,28,29)(H,31,32)/t16-,22?/m1/s1. The van der Waals surface area contributed by atoms with E-state index in [0.717, 1.165) is 22.3 Å². The fourth-order valence-corrected chi connectivity index (χ4v) is 4.20. The van der Waals surface area contributed by atoms with Crippen LogP contribution in [-0.2, 0) is 23.9 Å². The second-order valence-corrected chi connectivity index (χ2v) is 8.35. The molecule has 35 heavy (non-hydrogen) atoms. The van der Waals surface area contributed by atoms with Crippen molar-refractivity contribution in [2.24, 2.45) is 0 Å². The maximum Gasteiger partial charge on any atom is 0.407 e. The van der Waals surface area contributed by atoms with Crippen LogP contribution in [0.1, 0.15) is 49.7 Å². The Balaban J connectivity index is 1.53. The average Bonchev–Trinajstić information content (AvgIpc) is 3.18. The van der Waals surface area contributed by atoms with Crippen molar-refractivity contribution in [3.63, 3.8) is 0 Å². The normalized spacial score (nSPS) is 13.7. The summed E-state index contributed by atoms with van der Waals surface area (Å²) in [4.78, 5) is 47.6. The van der Waals surface area contributed by atoms with E-state index in [9.17, 15) is 24.3 Å². The highest BCUT2D eigenvalue weighted by Crippen LogP contribution is 2.44. The third-order valence-corrected chi connectivity index (χ3v) is 6.09. The Hall–Kier alpha value is -3.88. The molecule has 9 heteroatoms. The molecule has 0 spiro atoms. The lowest BCUT2D eigenvalue weighted by atomic mass is 9.98. The zero-order valence-corrected chi connectivity index (χ0v) is 19.8. The zero-order valence-electron chi connectivity index (χ0n) is 19.8. The highest BCUT2D eigenvalue weighted by atomic mass is 16.5. The minimum Gasteiger partial charge on any atom is -0.480 e. The van der Waals surface area contributed by atoms with Crippen molar-refractivity contribution in [3.8, 4) is 11.1 Å². The number of rotatable bonds is 11. The molecule has 2 amide bonds. The van der Waals surface area contributed by atoms with Crippen LogP contribution in [0.5, 0.6) is 0 Å². The Morgan fingerprint density at radius 1 is 0.971 bits per heavy atom. The van der Waals surface area contributed by atoms with Crippen molar-refractivity contribution in [2.45, 2.75) is 50.6 Å². The van der Waals surface area contributed by atoms with Crippen LogP contribution in [0.15, 0.2) is 48.5 Å². The van der Waals surface area contributed by atoms with Gasteiger partial charge < -0.3 is 25.2 Å². The van der Waals surface area contributed by atoms with Crippen LogP contribution in [0.3, 0.4) is 0 Å². The maximum absolute atomic E-state index is 12.5. The van der Waals surface area contributed by atoms with Crippen LogP contribution in [0.2, 0.25) is 0 Å². The highest BCUT2D eigenvalue weighted by molar-refractivity contribution is 5.84. The molecule has 3 N–H and O–H groups in total. The number of methoxy groups -OCH3 is 1. The van der Waals surface area contributed by atoms with E-state index in [-0.39, 0.29) is 31.8 Å². The number of esters is 1. The van der Waals surface area contributed by atoms with Crippen molar-refractivity contribution in [1.29, 1.82) is 0 Å². The van der Waals surface area contributed by atoms with Gasteiger partial charge in [0.25, 0.3) is 0 Å². The maximum atomic E-state index is 12.5. The Morgan fingerprint density at radius 3 is 2.11 bits per heavy atom. The summed E-state index contributed by atoms with van der Waals surface area (Å²) < 4.78 is 10.0. The molecule has 1 unspecified atom stereocenters. The summed E-state index contributed by atoms with van der Waals surface area (Å²) >= 11 is 0. The molecule has 2 aromatic rings. The Morgan fingerprint density at radius 2 is 1.57 bits per heavy atom. The largest absolute Gasteiger partial charge is 0.480 e. The van der Waals surface area contributed by atoms with Crippen molar-refractivity contribution in [1.82, 2.24) is 10.6 Å². The first kappa shape index (κ1) is 25.7. The van der Waals surface area contributed by atoms with Gasteiger partial charge in [0, 0.05) is 24.8 Å². The summed E-state index contributed by atoms with van der Waals surface area (Å²) in [5.41, 5.74) is 4.44. The van der Waals surface area contributed by atoms with Gasteiger partial charge in [-0.15, -0.1) is 0 Å². The van der Waals surface area contributed by atoms with E-state index >= 15 is 0 Å². The van der Waals surface area contributed by atoms with Gasteiger partial charge in [-0.1, -0.05) is 55.5 Å². The number of nitrogens with one attached hydrogen (secondary N) is 2. The number of alkyl carbamates (subject to hydrolysis) is 1. The molecule has 0 heterocycles. The molecule has 0 radical (unpaired) electrons. The van der Waals surface area contributed by atoms with Crippen LogP contribution in [0.25, 0.3) is 11.1 Å². The van der Waals surface area contributed by atoms with Crippen molar-refractivity contribution < 1.29 is 33.8 Å². The zero-order chi connectivity index (χ0) is 25.4. The fourth-order valence-electron chi connectivity index (χ4n) is 4.20. The Labute approximate surface area is 203 Å². The number of fused-ring (bicyclic) bond motifs is 3. The summed E-state index contributed by atoms with van der Waals surface area (Å²) in [7, 11) is 1.21. The van der Waals surface area contributed by atoms with Gasteiger partial charge >= 0.3 is 18.0 Å². The number of amides is 2. The molecular weight excluding hydrogens is 452 g/mol. The van der Waals surface area contributed by atoms with Crippen LogP contribution in [0.4, 0.5) is 4.79 Å². The van der Waals surface area contributed by atoms with Crippen LogP contribution in [-0.4, -0.2) is 54.8 Å². The predicted octanol–water partition coefficient (Wildman–Crippen LogP) is 3.22. The first-order chi connectivity index (χ1) is 16.8. The number of benzene rings is 2. The van der Waals surface area contributed by atoms with Crippen molar-refractivity contribution in [2.75, 3.05) is 13.7 Å². The van der Waals surface area contributed by atoms with Crippen molar-refractivity contribution in [3.05, 3.63) is 59.7 Å². The topological polar surface area (TPSA) is 131 Å². The lowest BCUT2D eigenvalue weighted by Crippen LogP contribution is -2.45. The van der Waals surface area contributed by atoms with Gasteiger partial charge in [0.15, 0.2) is 0 Å². The molecule has 0 bridgehead atoms. The number of hydrogen-bond donors (Lipinski definition) is 3. The van der Waals surface area contributed by atoms with Gasteiger partial charge in [-0.05, 0) is 35.1 Å². The molecule has 0 saturated heterocycles. The summed E-state index contributed by atoms with van der Waals surface area (Å²) in [5.74, 6) is -2.44. The molecule has 0 saturated carbocycles. The molecular formula is C26H30N2O7. The van der Waals surface area contributed by atoms with E-state index in [4.69, 9.17) is 4.74 Å². The molecule has 0 fully saturated rings. The van der Waals surface area contributed by atoms with Gasteiger partial charge in [0.2, 0.25) is 5.91 Å². The summed E-state index contributed by atoms with van der Waals surface area (Å²) in [6, 6.07) is 14.3. The number of ether oxygens (including phenoxy) is 2. The third kappa shape index (κ3) is 6.59. The third-order valence-electron chi connectivity index (χ3n) is 6.09. The van der Waals surface area contributed by atoms with Gasteiger partial charge in [-0.3, -0.25) is 9.59 Å². The molecule has 2 aromatic carbocycles. The van der Waals surface area contributed by atoms with Gasteiger partial charge in [0.05, 0.1) is 7.11 Å². The van der Waals surface area contributed by atoms with E-state index in [1.54, 1.807) is 6.92 Å². The van der Waals surface area contributed by atoms with Crippen molar-refractivity contribution >= 4 is 23.9 Å². The molecule has 9 nitrogen and oxygen atoms in total. The predicted molar refractivity (Wildman–Crippen MR) is 128 cm³/mol. The molecule has 1 aliphatic rings. The summed E-state index contributed by atoms with van der Waals surface area (Å²) in [6.45, 7) is 1.95. The quantitative estimate of drug-likeness (QED) is 0.419. The molecule has 2 atom stereocenters. The molecule has 0 aliphatic heterocycles. The number of hydrogen-bond acceptors (Lipinski definition) is 6. The lowest BCUT2D eigenvalue weighted by Gasteiger charge is -2.20. The summed E-state index contributed by atoms with van der Waals surface area (Å²) in [5, 5.41) is 14.4. The van der Waals surface area contributed by atoms with Crippen LogP contribution in [0, 0.1) is 0 Å². The first-order valence-electron chi connectivity index (χ1n) is 11.5. The Kier molecular flexibility index (Phi) is 8.83. The molecule has 186 valence electrons. The lowest BCUT2D eigenvalue weighted by molar-refractivity contribution is -0.144. The number of carbonyl (C=O) groups excluding carboxylic acids is 3. The average molecular weight is 483 g/mol. The van der Waals surface area contributed by atoms with E-state index in [2.05, 4.69) is 27.5 Å². The first-order valence-corrected chi connectivity index (χ1v) is 11.5. The van der Waals surface area contributed by atoms with Crippen LogP contribution >= 0.6 is 0 Å². The minimum atomic E-state index is -1.25. The SMILES string of the molecule is CC[C@H](CC(=O)NC(CCC(=O)OC)C(=O)O)NC(=O)OCC1c2ccccc2-c2ccccc21. The van der Waals surface area contributed by atoms with E-state index in [0.29, 0.717) is 6.42 Å². The fraction of sp³-hybridized carbons (Fsp3) is 0.385. The number of carboxylic acids is 1. The second kappa shape index (κ2) is 12.0. The number of carbonyl (C=O) groups is 4. The monoisotopic (exact) mass is 482 g/mol. The van der Waals surface area contributed by atoms with E-state index in [1.807, 2.05) is 36.4 Å². The van der Waals surface area contributed by atoms with E-state index in [1.165, 1.54) is 7.11 Å².